The highest BCUT2D eigenvalue weighted by molar-refractivity contribution is 7.89. The van der Waals surface area contributed by atoms with Gasteiger partial charge in [0.15, 0.2) is 0 Å². The van der Waals surface area contributed by atoms with Crippen LogP contribution in [0.2, 0.25) is 0 Å². The van der Waals surface area contributed by atoms with Crippen LogP contribution in [0.3, 0.4) is 0 Å². The molecule has 2 aromatic rings. The van der Waals surface area contributed by atoms with Crippen LogP contribution in [0.15, 0.2) is 18.2 Å². The summed E-state index contributed by atoms with van der Waals surface area (Å²) in [5.41, 5.74) is 3.44. The Hall–Kier alpha value is -2.06. The minimum absolute atomic E-state index is 0.0403. The summed E-state index contributed by atoms with van der Waals surface area (Å²) in [7, 11) is -1.99. The molecule has 0 aliphatic carbocycles. The fourth-order valence-electron chi connectivity index (χ4n) is 1.87. The number of nitrogens with one attached hydrogen (secondary N) is 2. The van der Waals surface area contributed by atoms with Crippen molar-refractivity contribution in [1.29, 1.82) is 0 Å². The van der Waals surface area contributed by atoms with Gasteiger partial charge in [-0.2, -0.15) is 0 Å². The zero-order valence-corrected chi connectivity index (χ0v) is 13.5. The van der Waals surface area contributed by atoms with Gasteiger partial charge >= 0.3 is 0 Å². The quantitative estimate of drug-likeness (QED) is 0.836. The van der Waals surface area contributed by atoms with Gasteiger partial charge in [0.2, 0.25) is 10.0 Å². The summed E-state index contributed by atoms with van der Waals surface area (Å²) in [6, 6.07) is 5.03. The number of sulfonamides is 1. The molecule has 0 unspecified atom stereocenters. The molecule has 2 N–H and O–H groups in total. The number of carbonyl (C=O) groups excluding carboxylic acids is 1. The van der Waals surface area contributed by atoms with Gasteiger partial charge in [-0.25, -0.2) is 23.1 Å². The van der Waals surface area contributed by atoms with E-state index in [4.69, 9.17) is 0 Å². The normalized spacial score (nSPS) is 11.6. The lowest BCUT2D eigenvalue weighted by atomic mass is 10.1. The molecule has 1 aromatic carbocycles. The molecule has 22 heavy (non-hydrogen) atoms. The van der Waals surface area contributed by atoms with E-state index in [0.717, 1.165) is 16.9 Å². The zero-order chi connectivity index (χ0) is 16.3. The van der Waals surface area contributed by atoms with Crippen LogP contribution < -0.4 is 10.0 Å². The predicted molar refractivity (Wildman–Crippen MR) is 84.2 cm³/mol. The van der Waals surface area contributed by atoms with Crippen LogP contribution in [0.25, 0.3) is 11.0 Å². The lowest BCUT2D eigenvalue weighted by Gasteiger charge is -2.07. The van der Waals surface area contributed by atoms with E-state index >= 15 is 0 Å². The van der Waals surface area contributed by atoms with Crippen molar-refractivity contribution in [1.82, 2.24) is 20.0 Å². The Kier molecular flexibility index (Phi) is 4.72. The van der Waals surface area contributed by atoms with Gasteiger partial charge in [0, 0.05) is 12.1 Å². The highest BCUT2D eigenvalue weighted by atomic mass is 32.2. The number of amides is 1. The highest BCUT2D eigenvalue weighted by Gasteiger charge is 2.11. The van der Waals surface area contributed by atoms with Crippen LogP contribution in [0.1, 0.15) is 21.7 Å². The van der Waals surface area contributed by atoms with Gasteiger partial charge in [0.05, 0.1) is 28.2 Å². The molecule has 0 saturated heterocycles. The van der Waals surface area contributed by atoms with E-state index in [9.17, 15) is 13.2 Å². The van der Waals surface area contributed by atoms with Gasteiger partial charge in [-0.05, 0) is 39.1 Å². The number of nitrogens with zero attached hydrogens (tertiary/aromatic N) is 2. The summed E-state index contributed by atoms with van der Waals surface area (Å²) in [6.07, 6.45) is 0. The Bertz CT molecular complexity index is 818. The molecular formula is C14H18N4O3S. The molecule has 0 spiro atoms. The topological polar surface area (TPSA) is 101 Å². The van der Waals surface area contributed by atoms with Crippen molar-refractivity contribution in [3.8, 4) is 0 Å². The molecule has 7 nitrogen and oxygen atoms in total. The third-order valence-electron chi connectivity index (χ3n) is 3.30. The molecule has 0 saturated carbocycles. The van der Waals surface area contributed by atoms with Gasteiger partial charge in [0.25, 0.3) is 5.91 Å². The van der Waals surface area contributed by atoms with Crippen LogP contribution in [0.5, 0.6) is 0 Å². The minimum atomic E-state index is -3.33. The third-order valence-corrected chi connectivity index (χ3v) is 4.67. The number of aryl methyl sites for hydroxylation is 2. The van der Waals surface area contributed by atoms with Crippen LogP contribution in [0, 0.1) is 13.8 Å². The largest absolute Gasteiger partial charge is 0.351 e. The highest BCUT2D eigenvalue weighted by Crippen LogP contribution is 2.14. The summed E-state index contributed by atoms with van der Waals surface area (Å²) in [5, 5.41) is 2.57. The summed E-state index contributed by atoms with van der Waals surface area (Å²) in [6.45, 7) is 3.78. The Balaban J connectivity index is 2.13. The maximum atomic E-state index is 12.0. The summed E-state index contributed by atoms with van der Waals surface area (Å²) < 4.78 is 24.8. The molecule has 118 valence electrons. The van der Waals surface area contributed by atoms with E-state index < -0.39 is 10.0 Å². The molecule has 0 radical (unpaired) electrons. The fourth-order valence-corrected chi connectivity index (χ4v) is 2.45. The average Bonchev–Trinajstić information content (AvgIpc) is 2.47. The SMILES string of the molecule is CNS(=O)(=O)CCNC(=O)c1ccc2nc(C)c(C)nc2c1. The number of benzene rings is 1. The maximum Gasteiger partial charge on any atom is 0.251 e. The van der Waals surface area contributed by atoms with Gasteiger partial charge in [-0.15, -0.1) is 0 Å². The van der Waals surface area contributed by atoms with Gasteiger partial charge in [-0.1, -0.05) is 0 Å². The first-order valence-corrected chi connectivity index (χ1v) is 8.42. The van der Waals surface area contributed by atoms with Gasteiger partial charge in [0.1, 0.15) is 0 Å². The number of hydrogen-bond acceptors (Lipinski definition) is 5. The van der Waals surface area contributed by atoms with E-state index in [1.165, 1.54) is 7.05 Å². The Labute approximate surface area is 129 Å². The number of carbonyl (C=O) groups is 1. The van der Waals surface area contributed by atoms with Crippen molar-refractivity contribution in [3.63, 3.8) is 0 Å². The number of aromatic nitrogens is 2. The van der Waals surface area contributed by atoms with Gasteiger partial charge in [-0.3, -0.25) is 4.79 Å². The molecule has 1 amide bonds. The zero-order valence-electron chi connectivity index (χ0n) is 12.7. The Morgan fingerprint density at radius 2 is 1.77 bits per heavy atom. The maximum absolute atomic E-state index is 12.0. The van der Waals surface area contributed by atoms with Crippen LogP contribution in [0.4, 0.5) is 0 Å². The van der Waals surface area contributed by atoms with Crippen molar-refractivity contribution >= 4 is 27.0 Å². The standard InChI is InChI=1S/C14H18N4O3S/c1-9-10(2)18-13-8-11(4-5-12(13)17-9)14(19)16-6-7-22(20,21)15-3/h4-5,8,15H,6-7H2,1-3H3,(H,16,19). The first-order valence-electron chi connectivity index (χ1n) is 6.77. The first-order chi connectivity index (χ1) is 10.3. The van der Waals surface area contributed by atoms with E-state index in [2.05, 4.69) is 20.0 Å². The molecule has 1 heterocycles. The predicted octanol–water partition coefficient (Wildman–Crippen LogP) is 0.526. The number of rotatable bonds is 5. The van der Waals surface area contributed by atoms with E-state index in [1.807, 2.05) is 13.8 Å². The van der Waals surface area contributed by atoms with Crippen LogP contribution >= 0.6 is 0 Å². The smallest absolute Gasteiger partial charge is 0.251 e. The molecule has 0 aliphatic rings. The first kappa shape index (κ1) is 16.3. The van der Waals surface area contributed by atoms with E-state index in [1.54, 1.807) is 18.2 Å². The van der Waals surface area contributed by atoms with Crippen molar-refractivity contribution in [2.75, 3.05) is 19.3 Å². The average molecular weight is 322 g/mol. The second kappa shape index (κ2) is 6.37. The minimum Gasteiger partial charge on any atom is -0.351 e. The number of fused-ring (bicyclic) bond motifs is 1. The second-order valence-electron chi connectivity index (χ2n) is 4.88. The molecule has 2 rings (SSSR count). The Morgan fingerprint density at radius 3 is 2.41 bits per heavy atom. The molecule has 0 bridgehead atoms. The molecule has 0 fully saturated rings. The van der Waals surface area contributed by atoms with E-state index in [0.29, 0.717) is 11.1 Å². The monoisotopic (exact) mass is 322 g/mol. The van der Waals surface area contributed by atoms with Crippen molar-refractivity contribution in [2.45, 2.75) is 13.8 Å². The molecule has 0 atom stereocenters. The van der Waals surface area contributed by atoms with Gasteiger partial charge < -0.3 is 5.32 Å². The summed E-state index contributed by atoms with van der Waals surface area (Å²) in [4.78, 5) is 20.8. The van der Waals surface area contributed by atoms with Crippen LogP contribution in [-0.2, 0) is 10.0 Å². The lowest BCUT2D eigenvalue weighted by Crippen LogP contribution is -2.32. The van der Waals surface area contributed by atoms with Crippen molar-refractivity contribution < 1.29 is 13.2 Å². The van der Waals surface area contributed by atoms with Crippen molar-refractivity contribution in [3.05, 3.63) is 35.2 Å². The number of hydrogen-bond donors (Lipinski definition) is 2. The van der Waals surface area contributed by atoms with E-state index in [-0.39, 0.29) is 18.2 Å². The van der Waals surface area contributed by atoms with Crippen molar-refractivity contribution in [2.24, 2.45) is 0 Å². The fraction of sp³-hybridized carbons (Fsp3) is 0.357. The van der Waals surface area contributed by atoms with Crippen LogP contribution in [-0.4, -0.2) is 43.6 Å². The molecular weight excluding hydrogens is 304 g/mol. The Morgan fingerprint density at radius 1 is 1.14 bits per heavy atom. The third kappa shape index (κ3) is 3.77. The molecule has 1 aromatic heterocycles. The lowest BCUT2D eigenvalue weighted by molar-refractivity contribution is 0.0956. The second-order valence-corrected chi connectivity index (χ2v) is 6.92. The molecule has 0 aliphatic heterocycles. The summed E-state index contributed by atoms with van der Waals surface area (Å²) in [5.74, 6) is -0.505. The summed E-state index contributed by atoms with van der Waals surface area (Å²) >= 11 is 0. The molecule has 8 heteroatoms.